The zero-order valence-electron chi connectivity index (χ0n) is 9.25. The second kappa shape index (κ2) is 4.89. The molecule has 0 saturated heterocycles. The Hall–Kier alpha value is -1.34. The molecule has 7 heteroatoms. The molecule has 94 valence electrons. The van der Waals surface area contributed by atoms with Gasteiger partial charge in [0, 0.05) is 6.26 Å². The summed E-state index contributed by atoms with van der Waals surface area (Å²) in [6.45, 7) is -0.277. The minimum Gasteiger partial charge on any atom is -0.313 e. The minimum absolute atomic E-state index is 0.277. The van der Waals surface area contributed by atoms with Gasteiger partial charge in [0.25, 0.3) is 0 Å². The molecule has 0 spiro atoms. The van der Waals surface area contributed by atoms with Gasteiger partial charge < -0.3 is 5.32 Å². The fraction of sp³-hybridized carbons (Fsp3) is 0.300. The van der Waals surface area contributed by atoms with Crippen LogP contribution in [0.1, 0.15) is 10.4 Å². The number of benzene rings is 1. The molecule has 0 fully saturated rings. The molecule has 0 heterocycles. The first kappa shape index (κ1) is 13.7. The van der Waals surface area contributed by atoms with Crippen molar-refractivity contribution in [2.24, 2.45) is 0 Å². The van der Waals surface area contributed by atoms with Crippen LogP contribution in [0.5, 0.6) is 0 Å². The highest BCUT2D eigenvalue weighted by atomic mass is 32.2. The van der Waals surface area contributed by atoms with Crippen molar-refractivity contribution in [1.82, 2.24) is 5.32 Å². The molecule has 4 nitrogen and oxygen atoms in total. The molecule has 0 atom stereocenters. The van der Waals surface area contributed by atoms with E-state index in [0.717, 1.165) is 18.4 Å². The number of hydrogen-bond donors (Lipinski definition) is 1. The van der Waals surface area contributed by atoms with Crippen molar-refractivity contribution in [3.05, 3.63) is 29.3 Å². The normalized spacial score (nSPS) is 11.5. The highest BCUT2D eigenvalue weighted by Crippen LogP contribution is 2.21. The maximum absolute atomic E-state index is 13.7. The summed E-state index contributed by atoms with van der Waals surface area (Å²) in [6.07, 6.45) is 0.787. The van der Waals surface area contributed by atoms with Crippen molar-refractivity contribution in [1.29, 1.82) is 0 Å². The van der Waals surface area contributed by atoms with Crippen LogP contribution in [0.2, 0.25) is 0 Å². The quantitative estimate of drug-likeness (QED) is 0.644. The summed E-state index contributed by atoms with van der Waals surface area (Å²) in [5.74, 6) is -3.25. The van der Waals surface area contributed by atoms with Crippen LogP contribution in [0, 0.1) is 11.6 Å². The summed E-state index contributed by atoms with van der Waals surface area (Å²) in [5, 5.41) is 2.45. The molecule has 0 radical (unpaired) electrons. The lowest BCUT2D eigenvalue weighted by Crippen LogP contribution is -2.21. The van der Waals surface area contributed by atoms with Crippen LogP contribution in [-0.4, -0.2) is 34.0 Å². The summed E-state index contributed by atoms with van der Waals surface area (Å²) >= 11 is 0. The molecule has 1 aromatic rings. The average molecular weight is 263 g/mol. The molecule has 0 aliphatic heterocycles. The maximum Gasteiger partial charge on any atom is 0.182 e. The largest absolute Gasteiger partial charge is 0.313 e. The SMILES string of the molecule is CNCC(=O)c1c(F)ccc(S(C)(=O)=O)c1F. The van der Waals surface area contributed by atoms with E-state index in [2.05, 4.69) is 5.32 Å². The van der Waals surface area contributed by atoms with Gasteiger partial charge in [0.15, 0.2) is 21.4 Å². The Bertz CT molecular complexity index is 555. The van der Waals surface area contributed by atoms with Gasteiger partial charge in [-0.15, -0.1) is 0 Å². The van der Waals surface area contributed by atoms with E-state index in [-0.39, 0.29) is 6.54 Å². The van der Waals surface area contributed by atoms with Crippen LogP contribution < -0.4 is 5.32 Å². The van der Waals surface area contributed by atoms with Gasteiger partial charge in [-0.2, -0.15) is 0 Å². The van der Waals surface area contributed by atoms with Crippen LogP contribution in [0.3, 0.4) is 0 Å². The smallest absolute Gasteiger partial charge is 0.182 e. The standard InChI is InChI=1S/C10H11F2NO3S/c1-13-5-7(14)9-6(11)3-4-8(10(9)12)17(2,15)16/h3-4,13H,5H2,1-2H3. The number of halogens is 2. The molecule has 0 aromatic heterocycles. The number of sulfone groups is 1. The molecule has 1 aromatic carbocycles. The molecule has 0 amide bonds. The fourth-order valence-electron chi connectivity index (χ4n) is 1.32. The third-order valence-corrected chi connectivity index (χ3v) is 3.19. The number of ketones is 1. The van der Waals surface area contributed by atoms with Gasteiger partial charge in [-0.3, -0.25) is 4.79 Å². The van der Waals surface area contributed by atoms with Crippen LogP contribution in [0.4, 0.5) is 8.78 Å². The molecular weight excluding hydrogens is 252 g/mol. The van der Waals surface area contributed by atoms with E-state index < -0.39 is 37.7 Å². The highest BCUT2D eigenvalue weighted by Gasteiger charge is 2.24. The Morgan fingerprint density at radius 3 is 2.41 bits per heavy atom. The van der Waals surface area contributed by atoms with E-state index in [1.165, 1.54) is 7.05 Å². The molecule has 1 rings (SSSR count). The Balaban J connectivity index is 3.46. The van der Waals surface area contributed by atoms with Gasteiger partial charge in [0.1, 0.15) is 10.7 Å². The van der Waals surface area contributed by atoms with Crippen molar-refractivity contribution in [2.45, 2.75) is 4.90 Å². The van der Waals surface area contributed by atoms with Gasteiger partial charge in [-0.1, -0.05) is 0 Å². The molecule has 0 unspecified atom stereocenters. The fourth-order valence-corrected chi connectivity index (χ4v) is 2.07. The van der Waals surface area contributed by atoms with Gasteiger partial charge in [0.05, 0.1) is 12.1 Å². The molecule has 17 heavy (non-hydrogen) atoms. The summed E-state index contributed by atoms with van der Waals surface area (Å²) in [6, 6.07) is 1.57. The number of hydrogen-bond acceptors (Lipinski definition) is 4. The zero-order chi connectivity index (χ0) is 13.2. The number of nitrogens with one attached hydrogen (secondary N) is 1. The Labute approximate surface area is 97.6 Å². The predicted molar refractivity (Wildman–Crippen MR) is 57.7 cm³/mol. The van der Waals surface area contributed by atoms with E-state index >= 15 is 0 Å². The molecule has 0 aliphatic rings. The zero-order valence-corrected chi connectivity index (χ0v) is 10.1. The monoisotopic (exact) mass is 263 g/mol. The molecule has 1 N–H and O–H groups in total. The summed E-state index contributed by atoms with van der Waals surface area (Å²) < 4.78 is 49.5. The minimum atomic E-state index is -3.84. The Morgan fingerprint density at radius 1 is 1.35 bits per heavy atom. The molecule has 0 saturated carbocycles. The van der Waals surface area contributed by atoms with Gasteiger partial charge in [-0.05, 0) is 19.2 Å². The van der Waals surface area contributed by atoms with Gasteiger partial charge >= 0.3 is 0 Å². The molecule has 0 bridgehead atoms. The lowest BCUT2D eigenvalue weighted by molar-refractivity contribution is 0.0985. The van der Waals surface area contributed by atoms with E-state index in [0.29, 0.717) is 0 Å². The summed E-state index contributed by atoms with van der Waals surface area (Å²) in [4.78, 5) is 10.7. The predicted octanol–water partition coefficient (Wildman–Crippen LogP) is 0.770. The van der Waals surface area contributed by atoms with Gasteiger partial charge in [0.2, 0.25) is 0 Å². The number of Topliss-reactive ketones (excluding diaryl/α,β-unsaturated/α-hetero) is 1. The first-order valence-corrected chi connectivity index (χ1v) is 6.54. The molecule has 0 aliphatic carbocycles. The van der Waals surface area contributed by atoms with Crippen molar-refractivity contribution >= 4 is 15.6 Å². The third kappa shape index (κ3) is 2.86. The number of rotatable bonds is 4. The second-order valence-electron chi connectivity index (χ2n) is 3.46. The van der Waals surface area contributed by atoms with Crippen molar-refractivity contribution < 1.29 is 22.0 Å². The maximum atomic E-state index is 13.7. The van der Waals surface area contributed by atoms with Crippen LogP contribution in [0.15, 0.2) is 17.0 Å². The second-order valence-corrected chi connectivity index (χ2v) is 5.44. The lowest BCUT2D eigenvalue weighted by atomic mass is 10.1. The van der Waals surface area contributed by atoms with Gasteiger partial charge in [-0.25, -0.2) is 17.2 Å². The topological polar surface area (TPSA) is 63.2 Å². The highest BCUT2D eigenvalue weighted by molar-refractivity contribution is 7.90. The first-order valence-electron chi connectivity index (χ1n) is 4.65. The van der Waals surface area contributed by atoms with E-state index in [1.807, 2.05) is 0 Å². The van der Waals surface area contributed by atoms with E-state index in [9.17, 15) is 22.0 Å². The average Bonchev–Trinajstić information content (AvgIpc) is 2.15. The van der Waals surface area contributed by atoms with Crippen LogP contribution >= 0.6 is 0 Å². The summed E-state index contributed by atoms with van der Waals surface area (Å²) in [7, 11) is -2.40. The number of carbonyl (C=O) groups excluding carboxylic acids is 1. The van der Waals surface area contributed by atoms with Crippen molar-refractivity contribution in [2.75, 3.05) is 19.8 Å². The van der Waals surface area contributed by atoms with Crippen molar-refractivity contribution in [3.8, 4) is 0 Å². The summed E-state index contributed by atoms with van der Waals surface area (Å²) in [5.41, 5.74) is -0.831. The van der Waals surface area contributed by atoms with Crippen LogP contribution in [0.25, 0.3) is 0 Å². The first-order chi connectivity index (χ1) is 7.79. The Kier molecular flexibility index (Phi) is 3.94. The van der Waals surface area contributed by atoms with E-state index in [1.54, 1.807) is 0 Å². The van der Waals surface area contributed by atoms with Crippen molar-refractivity contribution in [3.63, 3.8) is 0 Å². The van der Waals surface area contributed by atoms with Crippen LogP contribution in [-0.2, 0) is 9.84 Å². The number of likely N-dealkylation sites (N-methyl/N-ethyl adjacent to an activating group) is 1. The lowest BCUT2D eigenvalue weighted by Gasteiger charge is -2.07. The third-order valence-electron chi connectivity index (χ3n) is 2.07. The van der Waals surface area contributed by atoms with E-state index in [4.69, 9.17) is 0 Å². The molecular formula is C10H11F2NO3S. The Morgan fingerprint density at radius 2 is 1.94 bits per heavy atom. The number of carbonyl (C=O) groups is 1.